The van der Waals surface area contributed by atoms with Gasteiger partial charge in [0.05, 0.1) is 16.8 Å². The molecule has 0 spiro atoms. The molecule has 3 N–H and O–H groups in total. The van der Waals surface area contributed by atoms with Gasteiger partial charge < -0.3 is 15.4 Å². The van der Waals surface area contributed by atoms with Gasteiger partial charge in [-0.1, -0.05) is 0 Å². The quantitative estimate of drug-likeness (QED) is 0.757. The Bertz CT molecular complexity index is 722. The van der Waals surface area contributed by atoms with Gasteiger partial charge in [-0.2, -0.15) is 0 Å². The van der Waals surface area contributed by atoms with Gasteiger partial charge in [-0.3, -0.25) is 0 Å². The fraction of sp³-hybridized carbons (Fsp3) is 0.417. The summed E-state index contributed by atoms with van der Waals surface area (Å²) in [7, 11) is -0.308. The van der Waals surface area contributed by atoms with E-state index < -0.39 is 10.0 Å². The molecule has 0 bridgehead atoms. The van der Waals surface area contributed by atoms with Crippen molar-refractivity contribution in [2.24, 2.45) is 0 Å². The Morgan fingerprint density at radius 2 is 2.10 bits per heavy atom. The number of hydrogen-bond acceptors (Lipinski definition) is 5. The highest BCUT2D eigenvalue weighted by molar-refractivity contribution is 7.89. The van der Waals surface area contributed by atoms with E-state index in [1.165, 1.54) is 18.4 Å². The van der Waals surface area contributed by atoms with Crippen LogP contribution in [-0.4, -0.2) is 47.2 Å². The van der Waals surface area contributed by atoms with E-state index in [1.54, 1.807) is 22.8 Å². The Hall–Kier alpha value is -1.64. The molecule has 0 saturated carbocycles. The first-order chi connectivity index (χ1) is 9.35. The highest BCUT2D eigenvalue weighted by Crippen LogP contribution is 2.19. The van der Waals surface area contributed by atoms with E-state index in [-0.39, 0.29) is 18.9 Å². The minimum atomic E-state index is -3.30. The molecule has 2 rings (SSSR count). The van der Waals surface area contributed by atoms with Gasteiger partial charge in [-0.25, -0.2) is 17.7 Å². The predicted octanol–water partition coefficient (Wildman–Crippen LogP) is 0.00220. The lowest BCUT2D eigenvalue weighted by Gasteiger charge is -2.13. The average molecular weight is 298 g/mol. The Kier molecular flexibility index (Phi) is 3.98. The largest absolute Gasteiger partial charge is 0.399 e. The number of benzene rings is 1. The molecular weight excluding hydrogens is 280 g/mol. The molecular formula is C12H18N4O3S. The highest BCUT2D eigenvalue weighted by Gasteiger charge is 2.16. The number of aryl methyl sites for hydroxylation is 1. The van der Waals surface area contributed by atoms with Gasteiger partial charge >= 0.3 is 0 Å². The van der Waals surface area contributed by atoms with Crippen molar-refractivity contribution in [2.45, 2.75) is 13.2 Å². The zero-order valence-corrected chi connectivity index (χ0v) is 12.3. The summed E-state index contributed by atoms with van der Waals surface area (Å²) in [6.07, 6.45) is 0. The number of imidazole rings is 1. The SMILES string of the molecule is CN(C)S(=O)(=O)CCn1c(CO)nc2cc(N)ccc21. The van der Waals surface area contributed by atoms with Gasteiger partial charge in [0, 0.05) is 26.3 Å². The maximum absolute atomic E-state index is 11.8. The third kappa shape index (κ3) is 2.77. The third-order valence-corrected chi connectivity index (χ3v) is 4.93. The van der Waals surface area contributed by atoms with E-state index in [9.17, 15) is 13.5 Å². The van der Waals surface area contributed by atoms with Crippen LogP contribution >= 0.6 is 0 Å². The zero-order valence-electron chi connectivity index (χ0n) is 11.4. The molecule has 0 aliphatic rings. The Balaban J connectivity index is 2.38. The minimum Gasteiger partial charge on any atom is -0.399 e. The predicted molar refractivity (Wildman–Crippen MR) is 77.5 cm³/mol. The van der Waals surface area contributed by atoms with E-state index in [0.29, 0.717) is 17.0 Å². The van der Waals surface area contributed by atoms with E-state index >= 15 is 0 Å². The number of hydrogen-bond donors (Lipinski definition) is 2. The Morgan fingerprint density at radius 1 is 1.40 bits per heavy atom. The van der Waals surface area contributed by atoms with Gasteiger partial charge in [0.2, 0.25) is 10.0 Å². The Morgan fingerprint density at radius 3 is 2.70 bits per heavy atom. The number of aliphatic hydroxyl groups excluding tert-OH is 1. The lowest BCUT2D eigenvalue weighted by atomic mass is 10.3. The molecule has 20 heavy (non-hydrogen) atoms. The molecule has 0 aliphatic carbocycles. The summed E-state index contributed by atoms with van der Waals surface area (Å²) in [6.45, 7) is -0.0204. The topological polar surface area (TPSA) is 101 Å². The van der Waals surface area contributed by atoms with Crippen LogP contribution < -0.4 is 5.73 Å². The van der Waals surface area contributed by atoms with Crippen molar-refractivity contribution in [1.82, 2.24) is 13.9 Å². The van der Waals surface area contributed by atoms with Crippen LogP contribution in [0.5, 0.6) is 0 Å². The smallest absolute Gasteiger partial charge is 0.215 e. The van der Waals surface area contributed by atoms with Crippen LogP contribution in [0.1, 0.15) is 5.82 Å². The molecule has 0 amide bonds. The second-order valence-corrected chi connectivity index (χ2v) is 6.99. The van der Waals surface area contributed by atoms with Crippen molar-refractivity contribution in [3.63, 3.8) is 0 Å². The molecule has 0 unspecified atom stereocenters. The van der Waals surface area contributed by atoms with Crippen molar-refractivity contribution in [2.75, 3.05) is 25.6 Å². The van der Waals surface area contributed by atoms with Crippen LogP contribution in [0.3, 0.4) is 0 Å². The summed E-state index contributed by atoms with van der Waals surface area (Å²) in [5.41, 5.74) is 7.68. The molecule has 1 aromatic carbocycles. The van der Waals surface area contributed by atoms with Crippen molar-refractivity contribution in [3.05, 3.63) is 24.0 Å². The molecule has 8 heteroatoms. The van der Waals surface area contributed by atoms with Crippen molar-refractivity contribution in [1.29, 1.82) is 0 Å². The zero-order chi connectivity index (χ0) is 14.9. The molecule has 2 aromatic rings. The molecule has 0 radical (unpaired) electrons. The van der Waals surface area contributed by atoms with Crippen LogP contribution in [0.25, 0.3) is 11.0 Å². The van der Waals surface area contributed by atoms with Crippen LogP contribution in [0.2, 0.25) is 0 Å². The summed E-state index contributed by atoms with van der Waals surface area (Å²) in [5, 5.41) is 9.35. The molecule has 1 heterocycles. The lowest BCUT2D eigenvalue weighted by molar-refractivity contribution is 0.266. The normalized spacial score (nSPS) is 12.4. The van der Waals surface area contributed by atoms with Crippen molar-refractivity contribution >= 4 is 26.7 Å². The standard InChI is InChI=1S/C12H18N4O3S/c1-15(2)20(18,19)6-5-16-11-4-3-9(13)7-10(11)14-12(16)8-17/h3-4,7,17H,5-6,8,13H2,1-2H3. The van der Waals surface area contributed by atoms with E-state index in [1.807, 2.05) is 0 Å². The van der Waals surface area contributed by atoms with Gasteiger partial charge in [0.25, 0.3) is 0 Å². The monoisotopic (exact) mass is 298 g/mol. The van der Waals surface area contributed by atoms with E-state index in [0.717, 1.165) is 5.52 Å². The number of sulfonamides is 1. The summed E-state index contributed by atoms with van der Waals surface area (Å²) in [4.78, 5) is 4.26. The number of nitrogen functional groups attached to an aromatic ring is 1. The second kappa shape index (κ2) is 5.39. The van der Waals surface area contributed by atoms with Crippen LogP contribution in [0, 0.1) is 0 Å². The fourth-order valence-electron chi connectivity index (χ4n) is 1.96. The number of nitrogens with two attached hydrogens (primary N) is 1. The third-order valence-electron chi connectivity index (χ3n) is 3.12. The Labute approximate surface area is 117 Å². The summed E-state index contributed by atoms with van der Waals surface area (Å²) in [6, 6.07) is 5.20. The first-order valence-corrected chi connectivity index (χ1v) is 7.72. The molecule has 7 nitrogen and oxygen atoms in total. The first kappa shape index (κ1) is 14.8. The minimum absolute atomic E-state index is 0.0527. The van der Waals surface area contributed by atoms with Crippen LogP contribution in [0.4, 0.5) is 5.69 Å². The average Bonchev–Trinajstić information content (AvgIpc) is 2.73. The maximum atomic E-state index is 11.8. The summed E-state index contributed by atoms with van der Waals surface area (Å²) >= 11 is 0. The number of fused-ring (bicyclic) bond motifs is 1. The van der Waals surface area contributed by atoms with Gasteiger partial charge in [0.1, 0.15) is 12.4 Å². The van der Waals surface area contributed by atoms with Crippen LogP contribution in [0.15, 0.2) is 18.2 Å². The number of nitrogens with zero attached hydrogens (tertiary/aromatic N) is 3. The maximum Gasteiger partial charge on any atom is 0.215 e. The summed E-state index contributed by atoms with van der Waals surface area (Å²) in [5.74, 6) is 0.377. The van der Waals surface area contributed by atoms with Gasteiger partial charge in [0.15, 0.2) is 0 Å². The van der Waals surface area contributed by atoms with Gasteiger partial charge in [-0.05, 0) is 18.2 Å². The van der Waals surface area contributed by atoms with Gasteiger partial charge in [-0.15, -0.1) is 0 Å². The molecule has 0 aliphatic heterocycles. The molecule has 0 atom stereocenters. The second-order valence-electron chi connectivity index (χ2n) is 4.68. The number of aliphatic hydroxyl groups is 1. The highest BCUT2D eigenvalue weighted by atomic mass is 32.2. The van der Waals surface area contributed by atoms with E-state index in [2.05, 4.69) is 4.98 Å². The fourth-order valence-corrected chi connectivity index (χ4v) is 2.73. The van der Waals surface area contributed by atoms with Crippen molar-refractivity contribution < 1.29 is 13.5 Å². The van der Waals surface area contributed by atoms with E-state index in [4.69, 9.17) is 5.73 Å². The summed E-state index contributed by atoms with van der Waals surface area (Å²) < 4.78 is 26.5. The van der Waals surface area contributed by atoms with Crippen LogP contribution in [-0.2, 0) is 23.2 Å². The lowest BCUT2D eigenvalue weighted by Crippen LogP contribution is -2.27. The number of rotatable bonds is 5. The molecule has 0 fully saturated rings. The first-order valence-electron chi connectivity index (χ1n) is 6.11. The number of anilines is 1. The number of aromatic nitrogens is 2. The van der Waals surface area contributed by atoms with Crippen molar-refractivity contribution in [3.8, 4) is 0 Å². The molecule has 0 saturated heterocycles. The molecule has 110 valence electrons. The molecule has 1 aromatic heterocycles.